The van der Waals surface area contributed by atoms with Gasteiger partial charge in [-0.05, 0) is 24.6 Å². The fourth-order valence-corrected chi connectivity index (χ4v) is 1.37. The molecule has 2 rings (SSSR count). The van der Waals surface area contributed by atoms with Crippen molar-refractivity contribution in [3.05, 3.63) is 36.3 Å². The predicted molar refractivity (Wildman–Crippen MR) is 60.6 cm³/mol. The van der Waals surface area contributed by atoms with Crippen molar-refractivity contribution in [2.24, 2.45) is 0 Å². The zero-order chi connectivity index (χ0) is 10.5. The maximum absolute atomic E-state index is 4.20. The Kier molecular flexibility index (Phi) is 3.01. The Morgan fingerprint density at radius 3 is 3.27 bits per heavy atom. The number of pyridine rings is 1. The molecule has 0 amide bonds. The minimum atomic E-state index is 0.724. The van der Waals surface area contributed by atoms with Gasteiger partial charge in [0.25, 0.3) is 0 Å². The molecule has 0 unspecified atom stereocenters. The Morgan fingerprint density at radius 2 is 2.40 bits per heavy atom. The van der Waals surface area contributed by atoms with Gasteiger partial charge in [-0.15, -0.1) is 0 Å². The molecule has 0 aliphatic carbocycles. The van der Waals surface area contributed by atoms with Gasteiger partial charge in [-0.25, -0.2) is 4.98 Å². The number of fused-ring (bicyclic) bond motifs is 1. The lowest BCUT2D eigenvalue weighted by atomic mass is 10.3. The number of imidazole rings is 1. The van der Waals surface area contributed by atoms with Crippen molar-refractivity contribution in [3.63, 3.8) is 0 Å². The van der Waals surface area contributed by atoms with E-state index in [1.54, 1.807) is 6.20 Å². The molecule has 15 heavy (non-hydrogen) atoms. The van der Waals surface area contributed by atoms with Crippen LogP contribution in [0.2, 0.25) is 0 Å². The molecule has 0 fully saturated rings. The highest BCUT2D eigenvalue weighted by molar-refractivity contribution is 5.44. The summed E-state index contributed by atoms with van der Waals surface area (Å²) in [6, 6.07) is 5.93. The third-order valence-corrected chi connectivity index (χ3v) is 2.11. The molecule has 0 saturated carbocycles. The SMILES string of the molecule is CCNCC#Cc1cccc2nccn12. The van der Waals surface area contributed by atoms with Crippen LogP contribution >= 0.6 is 0 Å². The van der Waals surface area contributed by atoms with Crippen molar-refractivity contribution in [1.82, 2.24) is 14.7 Å². The van der Waals surface area contributed by atoms with E-state index in [4.69, 9.17) is 0 Å². The quantitative estimate of drug-likeness (QED) is 0.583. The lowest BCUT2D eigenvalue weighted by Crippen LogP contribution is -2.12. The van der Waals surface area contributed by atoms with Crippen LogP contribution in [-0.2, 0) is 0 Å². The van der Waals surface area contributed by atoms with Gasteiger partial charge in [0.2, 0.25) is 0 Å². The normalized spacial score (nSPS) is 9.93. The van der Waals surface area contributed by atoms with Crippen LogP contribution in [0.3, 0.4) is 0 Å². The smallest absolute Gasteiger partial charge is 0.137 e. The molecular formula is C12H13N3. The van der Waals surface area contributed by atoms with Gasteiger partial charge >= 0.3 is 0 Å². The van der Waals surface area contributed by atoms with E-state index >= 15 is 0 Å². The molecular weight excluding hydrogens is 186 g/mol. The molecule has 0 spiro atoms. The zero-order valence-corrected chi connectivity index (χ0v) is 8.70. The van der Waals surface area contributed by atoms with Crippen molar-refractivity contribution in [1.29, 1.82) is 0 Å². The van der Waals surface area contributed by atoms with Crippen LogP contribution in [0.4, 0.5) is 0 Å². The van der Waals surface area contributed by atoms with Crippen molar-refractivity contribution < 1.29 is 0 Å². The highest BCUT2D eigenvalue weighted by atomic mass is 15.0. The number of hydrogen-bond donors (Lipinski definition) is 1. The minimum absolute atomic E-state index is 0.724. The zero-order valence-electron chi connectivity index (χ0n) is 8.70. The van der Waals surface area contributed by atoms with Crippen molar-refractivity contribution >= 4 is 5.65 Å². The third-order valence-electron chi connectivity index (χ3n) is 2.11. The van der Waals surface area contributed by atoms with Gasteiger partial charge < -0.3 is 5.32 Å². The van der Waals surface area contributed by atoms with Gasteiger partial charge in [0.15, 0.2) is 0 Å². The summed E-state index contributed by atoms with van der Waals surface area (Å²) in [4.78, 5) is 4.20. The second kappa shape index (κ2) is 4.63. The number of aromatic nitrogens is 2. The molecule has 0 saturated heterocycles. The minimum Gasteiger partial charge on any atom is -0.306 e. The topological polar surface area (TPSA) is 29.3 Å². The van der Waals surface area contributed by atoms with E-state index in [0.717, 1.165) is 24.4 Å². The molecule has 1 N–H and O–H groups in total. The summed E-state index contributed by atoms with van der Waals surface area (Å²) in [5.74, 6) is 6.19. The van der Waals surface area contributed by atoms with Crippen LogP contribution in [0.15, 0.2) is 30.6 Å². The van der Waals surface area contributed by atoms with E-state index in [-0.39, 0.29) is 0 Å². The summed E-state index contributed by atoms with van der Waals surface area (Å²) in [5, 5.41) is 3.16. The summed E-state index contributed by atoms with van der Waals surface area (Å²) in [5.41, 5.74) is 1.91. The number of nitrogens with zero attached hydrogens (tertiary/aromatic N) is 2. The first kappa shape index (κ1) is 9.75. The maximum atomic E-state index is 4.20. The van der Waals surface area contributed by atoms with E-state index in [9.17, 15) is 0 Å². The number of nitrogens with one attached hydrogen (secondary N) is 1. The summed E-state index contributed by atoms with van der Waals surface area (Å²) < 4.78 is 1.99. The monoisotopic (exact) mass is 199 g/mol. The molecule has 0 aromatic carbocycles. The Labute approximate surface area is 89.1 Å². The highest BCUT2D eigenvalue weighted by Gasteiger charge is 1.95. The van der Waals surface area contributed by atoms with Gasteiger partial charge in [0.05, 0.1) is 12.2 Å². The van der Waals surface area contributed by atoms with Gasteiger partial charge in [-0.3, -0.25) is 4.40 Å². The van der Waals surface area contributed by atoms with Crippen LogP contribution in [0.5, 0.6) is 0 Å². The molecule has 0 bridgehead atoms. The molecule has 0 aliphatic heterocycles. The van der Waals surface area contributed by atoms with Crippen LogP contribution < -0.4 is 5.32 Å². The molecule has 3 heteroatoms. The Bertz CT molecular complexity index is 502. The largest absolute Gasteiger partial charge is 0.306 e. The Balaban J connectivity index is 2.26. The summed E-state index contributed by atoms with van der Waals surface area (Å²) in [7, 11) is 0. The van der Waals surface area contributed by atoms with Crippen molar-refractivity contribution in [2.75, 3.05) is 13.1 Å². The first-order valence-corrected chi connectivity index (χ1v) is 5.03. The van der Waals surface area contributed by atoms with E-state index in [2.05, 4.69) is 29.1 Å². The molecule has 0 aliphatic rings. The van der Waals surface area contributed by atoms with E-state index in [1.807, 2.05) is 28.8 Å². The molecule has 76 valence electrons. The average Bonchev–Trinajstić information content (AvgIpc) is 2.73. The third kappa shape index (κ3) is 2.17. The van der Waals surface area contributed by atoms with E-state index in [1.165, 1.54) is 0 Å². The summed E-state index contributed by atoms with van der Waals surface area (Å²) in [6.45, 7) is 3.74. The lowest BCUT2D eigenvalue weighted by Gasteiger charge is -1.96. The Hall–Kier alpha value is -1.79. The van der Waals surface area contributed by atoms with Crippen LogP contribution in [-0.4, -0.2) is 22.5 Å². The summed E-state index contributed by atoms with van der Waals surface area (Å²) >= 11 is 0. The van der Waals surface area contributed by atoms with E-state index in [0.29, 0.717) is 0 Å². The second-order valence-electron chi connectivity index (χ2n) is 3.15. The second-order valence-corrected chi connectivity index (χ2v) is 3.15. The predicted octanol–water partition coefficient (Wildman–Crippen LogP) is 1.30. The van der Waals surface area contributed by atoms with Gasteiger partial charge in [0, 0.05) is 12.4 Å². The van der Waals surface area contributed by atoms with Gasteiger partial charge in [0.1, 0.15) is 5.65 Å². The van der Waals surface area contributed by atoms with Gasteiger partial charge in [-0.1, -0.05) is 18.9 Å². The molecule has 3 nitrogen and oxygen atoms in total. The number of rotatable bonds is 2. The Morgan fingerprint density at radius 1 is 1.47 bits per heavy atom. The van der Waals surface area contributed by atoms with E-state index < -0.39 is 0 Å². The lowest BCUT2D eigenvalue weighted by molar-refractivity contribution is 0.811. The molecule has 2 heterocycles. The molecule has 0 radical (unpaired) electrons. The number of hydrogen-bond acceptors (Lipinski definition) is 2. The molecule has 2 aromatic heterocycles. The van der Waals surface area contributed by atoms with Gasteiger partial charge in [-0.2, -0.15) is 0 Å². The van der Waals surface area contributed by atoms with Crippen LogP contribution in [0.1, 0.15) is 12.6 Å². The maximum Gasteiger partial charge on any atom is 0.137 e. The fraction of sp³-hybridized carbons (Fsp3) is 0.250. The highest BCUT2D eigenvalue weighted by Crippen LogP contribution is 2.03. The van der Waals surface area contributed by atoms with Crippen LogP contribution in [0, 0.1) is 11.8 Å². The first-order valence-electron chi connectivity index (χ1n) is 5.03. The molecule has 2 aromatic rings. The van der Waals surface area contributed by atoms with Crippen LogP contribution in [0.25, 0.3) is 5.65 Å². The standard InChI is InChI=1S/C12H13N3/c1-2-13-8-4-6-11-5-3-7-12-14-9-10-15(11)12/h3,5,7,9-10,13H,2,8H2,1H3. The fourth-order valence-electron chi connectivity index (χ4n) is 1.37. The van der Waals surface area contributed by atoms with Crippen molar-refractivity contribution in [2.45, 2.75) is 6.92 Å². The average molecular weight is 199 g/mol. The van der Waals surface area contributed by atoms with Crippen molar-refractivity contribution in [3.8, 4) is 11.8 Å². The molecule has 0 atom stereocenters. The summed E-state index contributed by atoms with van der Waals surface area (Å²) in [6.07, 6.45) is 3.71. The first-order chi connectivity index (χ1) is 7.42.